The Hall–Kier alpha value is -2.48. The molecule has 0 fully saturated rings. The van der Waals surface area contributed by atoms with Gasteiger partial charge in [0.15, 0.2) is 0 Å². The van der Waals surface area contributed by atoms with Crippen LogP contribution in [0.1, 0.15) is 23.7 Å². The van der Waals surface area contributed by atoms with Crippen LogP contribution in [-0.4, -0.2) is 27.5 Å². The second-order valence-corrected chi connectivity index (χ2v) is 5.81. The number of hydrogen-bond donors (Lipinski definition) is 3. The fourth-order valence-corrected chi connectivity index (χ4v) is 2.23. The Morgan fingerprint density at radius 3 is 2.67 bits per heavy atom. The number of aryl methyl sites for hydroxylation is 1. The summed E-state index contributed by atoms with van der Waals surface area (Å²) in [5, 5.41) is 19.5. The number of rotatable bonds is 5. The van der Waals surface area contributed by atoms with Crippen molar-refractivity contribution in [2.75, 3.05) is 6.54 Å². The number of urea groups is 1. The molecule has 0 aliphatic heterocycles. The molecule has 0 radical (unpaired) electrons. The Bertz CT molecular complexity index is 744. The highest BCUT2D eigenvalue weighted by Crippen LogP contribution is 2.23. The SMILES string of the molecule is Cc1c(CNC(=O)NCC(C)(O)c2ccc(F)cc2F)cnn1C. The lowest BCUT2D eigenvalue weighted by Crippen LogP contribution is -2.43. The highest BCUT2D eigenvalue weighted by atomic mass is 19.1. The van der Waals surface area contributed by atoms with Crippen LogP contribution in [0.5, 0.6) is 0 Å². The van der Waals surface area contributed by atoms with E-state index in [4.69, 9.17) is 0 Å². The lowest BCUT2D eigenvalue weighted by Gasteiger charge is -2.24. The molecule has 3 N–H and O–H groups in total. The van der Waals surface area contributed by atoms with Crippen LogP contribution in [0.2, 0.25) is 0 Å². The first kappa shape index (κ1) is 17.9. The lowest BCUT2D eigenvalue weighted by atomic mass is 9.95. The maximum Gasteiger partial charge on any atom is 0.315 e. The molecule has 0 aliphatic carbocycles. The van der Waals surface area contributed by atoms with Crippen LogP contribution in [0.25, 0.3) is 0 Å². The minimum absolute atomic E-state index is 0.0905. The van der Waals surface area contributed by atoms with Crippen molar-refractivity contribution in [2.45, 2.75) is 26.0 Å². The van der Waals surface area contributed by atoms with Gasteiger partial charge in [-0.3, -0.25) is 4.68 Å². The van der Waals surface area contributed by atoms with Gasteiger partial charge >= 0.3 is 6.03 Å². The standard InChI is InChI=1S/C16H20F2N4O2/c1-10-11(8-21-22(10)3)7-19-15(23)20-9-16(2,24)13-5-4-12(17)6-14(13)18/h4-6,8,24H,7,9H2,1-3H3,(H2,19,20,23). The van der Waals surface area contributed by atoms with E-state index < -0.39 is 23.3 Å². The Balaban J connectivity index is 1.91. The summed E-state index contributed by atoms with van der Waals surface area (Å²) in [5.41, 5.74) is 0.0336. The van der Waals surface area contributed by atoms with E-state index in [9.17, 15) is 18.7 Å². The van der Waals surface area contributed by atoms with E-state index in [2.05, 4.69) is 15.7 Å². The summed E-state index contributed by atoms with van der Waals surface area (Å²) in [6.45, 7) is 3.27. The molecule has 6 nitrogen and oxygen atoms in total. The number of carbonyl (C=O) groups is 1. The molecule has 8 heteroatoms. The van der Waals surface area contributed by atoms with E-state index in [1.54, 1.807) is 17.9 Å². The van der Waals surface area contributed by atoms with Gasteiger partial charge in [-0.1, -0.05) is 6.07 Å². The predicted octanol–water partition coefficient (Wildman–Crippen LogP) is 1.71. The zero-order valence-electron chi connectivity index (χ0n) is 13.7. The van der Waals surface area contributed by atoms with Crippen molar-refractivity contribution in [3.8, 4) is 0 Å². The molecule has 0 saturated carbocycles. The quantitative estimate of drug-likeness (QED) is 0.777. The predicted molar refractivity (Wildman–Crippen MR) is 84.1 cm³/mol. The first-order valence-electron chi connectivity index (χ1n) is 7.38. The second-order valence-electron chi connectivity index (χ2n) is 5.81. The molecule has 2 amide bonds. The average Bonchev–Trinajstić information content (AvgIpc) is 2.82. The molecule has 0 bridgehead atoms. The largest absolute Gasteiger partial charge is 0.383 e. The van der Waals surface area contributed by atoms with Crippen LogP contribution in [0.3, 0.4) is 0 Å². The van der Waals surface area contributed by atoms with Crippen LogP contribution in [0, 0.1) is 18.6 Å². The molecule has 2 rings (SSSR count). The number of nitrogens with zero attached hydrogens (tertiary/aromatic N) is 2. The Labute approximate surface area is 138 Å². The van der Waals surface area contributed by atoms with Gasteiger partial charge in [-0.15, -0.1) is 0 Å². The van der Waals surface area contributed by atoms with Crippen LogP contribution in [-0.2, 0) is 19.2 Å². The summed E-state index contributed by atoms with van der Waals surface area (Å²) in [6, 6.07) is 2.39. The van der Waals surface area contributed by atoms with Gasteiger partial charge in [-0.2, -0.15) is 5.10 Å². The second kappa shape index (κ2) is 6.96. The minimum Gasteiger partial charge on any atom is -0.383 e. The number of aliphatic hydroxyl groups is 1. The molecule has 1 heterocycles. The highest BCUT2D eigenvalue weighted by molar-refractivity contribution is 5.73. The number of hydrogen-bond acceptors (Lipinski definition) is 3. The van der Waals surface area contributed by atoms with Gasteiger partial charge in [0.05, 0.1) is 12.7 Å². The maximum atomic E-state index is 13.7. The van der Waals surface area contributed by atoms with E-state index in [0.29, 0.717) is 6.07 Å². The van der Waals surface area contributed by atoms with Gasteiger partial charge in [-0.05, 0) is 19.9 Å². The van der Waals surface area contributed by atoms with Crippen molar-refractivity contribution in [1.82, 2.24) is 20.4 Å². The highest BCUT2D eigenvalue weighted by Gasteiger charge is 2.27. The summed E-state index contributed by atoms with van der Waals surface area (Å²) in [4.78, 5) is 11.8. The Kier molecular flexibility index (Phi) is 5.18. The van der Waals surface area contributed by atoms with Crippen LogP contribution >= 0.6 is 0 Å². The normalized spacial score (nSPS) is 13.4. The molecule has 0 aliphatic rings. The van der Waals surface area contributed by atoms with E-state index in [1.807, 2.05) is 6.92 Å². The third-order valence-electron chi connectivity index (χ3n) is 3.88. The van der Waals surface area contributed by atoms with Crippen molar-refractivity contribution < 1.29 is 18.7 Å². The van der Waals surface area contributed by atoms with Crippen molar-refractivity contribution in [3.05, 3.63) is 52.9 Å². The molecule has 1 atom stereocenters. The zero-order valence-corrected chi connectivity index (χ0v) is 13.7. The van der Waals surface area contributed by atoms with Gasteiger partial charge < -0.3 is 15.7 Å². The molecule has 1 aromatic heterocycles. The van der Waals surface area contributed by atoms with Gasteiger partial charge in [0.2, 0.25) is 0 Å². The summed E-state index contributed by atoms with van der Waals surface area (Å²) >= 11 is 0. The first-order chi connectivity index (χ1) is 11.2. The molecule has 0 spiro atoms. The molecule has 1 aromatic carbocycles. The molecular formula is C16H20F2N4O2. The monoisotopic (exact) mass is 338 g/mol. The van der Waals surface area contributed by atoms with Gasteiger partial charge in [-0.25, -0.2) is 13.6 Å². The fraction of sp³-hybridized carbons (Fsp3) is 0.375. The Morgan fingerprint density at radius 2 is 2.08 bits per heavy atom. The number of benzene rings is 1. The molecular weight excluding hydrogens is 318 g/mol. The topological polar surface area (TPSA) is 79.2 Å². The molecule has 130 valence electrons. The van der Waals surface area contributed by atoms with E-state index in [1.165, 1.54) is 6.92 Å². The minimum atomic E-state index is -1.67. The molecule has 24 heavy (non-hydrogen) atoms. The van der Waals surface area contributed by atoms with Crippen LogP contribution in [0.15, 0.2) is 24.4 Å². The average molecular weight is 338 g/mol. The van der Waals surface area contributed by atoms with Crippen molar-refractivity contribution in [3.63, 3.8) is 0 Å². The van der Waals surface area contributed by atoms with Gasteiger partial charge in [0.25, 0.3) is 0 Å². The molecule has 1 unspecified atom stereocenters. The zero-order chi connectivity index (χ0) is 17.9. The molecule has 2 aromatic rings. The van der Waals surface area contributed by atoms with Gasteiger partial charge in [0, 0.05) is 36.5 Å². The summed E-state index contributed by atoms with van der Waals surface area (Å²) < 4.78 is 28.4. The number of nitrogens with one attached hydrogen (secondary N) is 2. The maximum absolute atomic E-state index is 13.7. The first-order valence-corrected chi connectivity index (χ1v) is 7.38. The summed E-state index contributed by atoms with van der Waals surface area (Å²) in [6.07, 6.45) is 1.65. The Morgan fingerprint density at radius 1 is 1.38 bits per heavy atom. The number of aromatic nitrogens is 2. The summed E-state index contributed by atoms with van der Waals surface area (Å²) in [7, 11) is 1.80. The summed E-state index contributed by atoms with van der Waals surface area (Å²) in [5.74, 6) is -1.60. The van der Waals surface area contributed by atoms with Crippen molar-refractivity contribution in [2.24, 2.45) is 7.05 Å². The van der Waals surface area contributed by atoms with Gasteiger partial charge in [0.1, 0.15) is 17.2 Å². The van der Waals surface area contributed by atoms with E-state index in [-0.39, 0.29) is 18.7 Å². The van der Waals surface area contributed by atoms with Crippen molar-refractivity contribution in [1.29, 1.82) is 0 Å². The third-order valence-corrected chi connectivity index (χ3v) is 3.88. The lowest BCUT2D eigenvalue weighted by molar-refractivity contribution is 0.0555. The third kappa shape index (κ3) is 4.08. The number of amides is 2. The number of halogens is 2. The molecule has 0 saturated heterocycles. The van der Waals surface area contributed by atoms with Crippen molar-refractivity contribution >= 4 is 6.03 Å². The fourth-order valence-electron chi connectivity index (χ4n) is 2.23. The van der Waals surface area contributed by atoms with Crippen LogP contribution < -0.4 is 10.6 Å². The van der Waals surface area contributed by atoms with E-state index in [0.717, 1.165) is 23.4 Å². The van der Waals surface area contributed by atoms with E-state index >= 15 is 0 Å². The smallest absolute Gasteiger partial charge is 0.315 e. The van der Waals surface area contributed by atoms with Crippen LogP contribution in [0.4, 0.5) is 13.6 Å². The number of carbonyl (C=O) groups excluding carboxylic acids is 1.